The number of piperidine rings is 1. The number of Topliss-reactive ketones (excluding diaryl/α,β-unsaturated/α-hetero) is 1. The smallest absolute Gasteiger partial charge is 0.166 e. The van der Waals surface area contributed by atoms with Crippen LogP contribution in [0.25, 0.3) is 0 Å². The van der Waals surface area contributed by atoms with Crippen molar-refractivity contribution in [3.8, 4) is 11.5 Å². The summed E-state index contributed by atoms with van der Waals surface area (Å²) in [6.07, 6.45) is 4.27. The average molecular weight is 314 g/mol. The minimum Gasteiger partial charge on any atom is -0.507 e. The number of likely N-dealkylation sites (tertiary alicyclic amines) is 1. The quantitative estimate of drug-likeness (QED) is 0.819. The van der Waals surface area contributed by atoms with Gasteiger partial charge in [-0.1, -0.05) is 13.3 Å². The van der Waals surface area contributed by atoms with Gasteiger partial charge in [0.05, 0.1) is 5.56 Å². The second kappa shape index (κ2) is 8.90. The fourth-order valence-corrected chi connectivity index (χ4v) is 2.50. The van der Waals surface area contributed by atoms with Crippen LogP contribution >= 0.6 is 12.4 Å². The summed E-state index contributed by atoms with van der Waals surface area (Å²) in [4.78, 5) is 14.0. The average Bonchev–Trinajstić information content (AvgIpc) is 2.48. The summed E-state index contributed by atoms with van der Waals surface area (Å²) in [5, 5.41) is 9.83. The van der Waals surface area contributed by atoms with Crippen LogP contribution in [0.1, 0.15) is 43.0 Å². The highest BCUT2D eigenvalue weighted by molar-refractivity contribution is 5.98. The summed E-state index contributed by atoms with van der Waals surface area (Å²) in [5.74, 6) is 0.571. The lowest BCUT2D eigenvalue weighted by Crippen LogP contribution is -2.33. The van der Waals surface area contributed by atoms with Gasteiger partial charge in [0.15, 0.2) is 5.78 Å². The number of nitrogens with zero attached hydrogens (tertiary/aromatic N) is 1. The largest absolute Gasteiger partial charge is 0.507 e. The van der Waals surface area contributed by atoms with E-state index in [2.05, 4.69) is 4.90 Å². The number of carbonyl (C=O) groups excluding carboxylic acids is 1. The van der Waals surface area contributed by atoms with Gasteiger partial charge in [-0.05, 0) is 38.1 Å². The van der Waals surface area contributed by atoms with E-state index >= 15 is 0 Å². The van der Waals surface area contributed by atoms with Crippen molar-refractivity contribution in [3.63, 3.8) is 0 Å². The maximum atomic E-state index is 11.6. The van der Waals surface area contributed by atoms with Crippen molar-refractivity contribution < 1.29 is 14.6 Å². The number of ketones is 1. The molecule has 1 aromatic rings. The summed E-state index contributed by atoms with van der Waals surface area (Å²) in [7, 11) is 0. The van der Waals surface area contributed by atoms with Crippen molar-refractivity contribution in [1.29, 1.82) is 0 Å². The monoisotopic (exact) mass is 313 g/mol. The van der Waals surface area contributed by atoms with Crippen LogP contribution in [0.4, 0.5) is 0 Å². The number of benzene rings is 1. The minimum atomic E-state index is -0.0534. The zero-order chi connectivity index (χ0) is 14.4. The molecule has 0 atom stereocenters. The highest BCUT2D eigenvalue weighted by Gasteiger charge is 2.11. The number of carbonyl (C=O) groups is 1. The van der Waals surface area contributed by atoms with Crippen molar-refractivity contribution in [3.05, 3.63) is 23.8 Å². The molecule has 1 saturated heterocycles. The highest BCUT2D eigenvalue weighted by atomic mass is 35.5. The first kappa shape index (κ1) is 17.8. The number of ether oxygens (including phenoxy) is 1. The Morgan fingerprint density at radius 1 is 1.29 bits per heavy atom. The molecule has 0 radical (unpaired) electrons. The van der Waals surface area contributed by atoms with Gasteiger partial charge in [0.25, 0.3) is 0 Å². The Bertz CT molecular complexity index is 459. The van der Waals surface area contributed by atoms with Crippen LogP contribution in [-0.4, -0.2) is 42.0 Å². The van der Waals surface area contributed by atoms with Crippen LogP contribution in [0, 0.1) is 0 Å². The third-order valence-electron chi connectivity index (χ3n) is 3.72. The second-order valence-electron chi connectivity index (χ2n) is 5.21. The maximum Gasteiger partial charge on any atom is 0.166 e. The molecule has 0 bridgehead atoms. The molecular formula is C16H24ClNO3. The van der Waals surface area contributed by atoms with E-state index in [4.69, 9.17) is 4.74 Å². The van der Waals surface area contributed by atoms with Gasteiger partial charge in [-0.25, -0.2) is 0 Å². The third-order valence-corrected chi connectivity index (χ3v) is 3.72. The van der Waals surface area contributed by atoms with Gasteiger partial charge in [0.1, 0.15) is 18.1 Å². The Morgan fingerprint density at radius 3 is 2.62 bits per heavy atom. The molecule has 0 spiro atoms. The van der Waals surface area contributed by atoms with Crippen LogP contribution in [0.3, 0.4) is 0 Å². The Labute approximate surface area is 132 Å². The second-order valence-corrected chi connectivity index (χ2v) is 5.21. The van der Waals surface area contributed by atoms with Crippen molar-refractivity contribution in [1.82, 2.24) is 4.90 Å². The van der Waals surface area contributed by atoms with E-state index < -0.39 is 0 Å². The van der Waals surface area contributed by atoms with Gasteiger partial charge < -0.3 is 9.84 Å². The topological polar surface area (TPSA) is 49.8 Å². The van der Waals surface area contributed by atoms with Gasteiger partial charge in [-0.15, -0.1) is 12.4 Å². The lowest BCUT2D eigenvalue weighted by Gasteiger charge is -2.26. The van der Waals surface area contributed by atoms with Gasteiger partial charge in [-0.3, -0.25) is 9.69 Å². The van der Waals surface area contributed by atoms with E-state index in [1.165, 1.54) is 25.3 Å². The first-order valence-corrected chi connectivity index (χ1v) is 7.42. The molecule has 21 heavy (non-hydrogen) atoms. The molecule has 1 aromatic carbocycles. The predicted molar refractivity (Wildman–Crippen MR) is 85.8 cm³/mol. The van der Waals surface area contributed by atoms with Crippen LogP contribution in [-0.2, 0) is 0 Å². The Balaban J connectivity index is 0.00000220. The maximum absolute atomic E-state index is 11.6. The molecule has 0 amide bonds. The van der Waals surface area contributed by atoms with Crippen LogP contribution < -0.4 is 4.74 Å². The SMILES string of the molecule is CCC(=O)c1ccc(OCCN2CCCCC2)cc1O.Cl. The molecule has 0 saturated carbocycles. The molecule has 2 rings (SSSR count). The summed E-state index contributed by atoms with van der Waals surface area (Å²) in [6, 6.07) is 4.91. The summed E-state index contributed by atoms with van der Waals surface area (Å²) in [6.45, 7) is 5.61. The van der Waals surface area contributed by atoms with E-state index in [-0.39, 0.29) is 23.9 Å². The van der Waals surface area contributed by atoms with Crippen molar-refractivity contribution >= 4 is 18.2 Å². The van der Waals surface area contributed by atoms with Crippen molar-refractivity contribution in [2.45, 2.75) is 32.6 Å². The summed E-state index contributed by atoms with van der Waals surface area (Å²) < 4.78 is 5.64. The first-order chi connectivity index (χ1) is 9.70. The van der Waals surface area contributed by atoms with Gasteiger partial charge in [0.2, 0.25) is 0 Å². The van der Waals surface area contributed by atoms with Crippen molar-refractivity contribution in [2.75, 3.05) is 26.2 Å². The molecule has 118 valence electrons. The number of halogens is 1. The van der Waals surface area contributed by atoms with E-state index in [0.29, 0.717) is 24.3 Å². The molecule has 1 aliphatic rings. The summed E-state index contributed by atoms with van der Waals surface area (Å²) in [5.41, 5.74) is 0.371. The van der Waals surface area contributed by atoms with Crippen LogP contribution in [0.5, 0.6) is 11.5 Å². The Hall–Kier alpha value is -1.26. The van der Waals surface area contributed by atoms with Gasteiger partial charge >= 0.3 is 0 Å². The molecule has 0 aromatic heterocycles. The Morgan fingerprint density at radius 2 is 2.00 bits per heavy atom. The molecule has 1 N–H and O–H groups in total. The minimum absolute atomic E-state index is 0. The first-order valence-electron chi connectivity index (χ1n) is 7.42. The molecule has 5 heteroatoms. The van der Waals surface area contributed by atoms with Crippen LogP contribution in [0.15, 0.2) is 18.2 Å². The van der Waals surface area contributed by atoms with E-state index in [1.54, 1.807) is 19.1 Å². The molecule has 1 heterocycles. The zero-order valence-electron chi connectivity index (χ0n) is 12.5. The molecule has 1 fully saturated rings. The predicted octanol–water partition coefficient (Wildman–Crippen LogP) is 3.27. The summed E-state index contributed by atoms with van der Waals surface area (Å²) >= 11 is 0. The zero-order valence-corrected chi connectivity index (χ0v) is 13.3. The Kier molecular flexibility index (Phi) is 7.54. The van der Waals surface area contributed by atoms with E-state index in [0.717, 1.165) is 19.6 Å². The fourth-order valence-electron chi connectivity index (χ4n) is 2.50. The lowest BCUT2D eigenvalue weighted by atomic mass is 10.1. The number of phenols is 1. The number of rotatable bonds is 6. The fraction of sp³-hybridized carbons (Fsp3) is 0.562. The third kappa shape index (κ3) is 5.21. The standard InChI is InChI=1S/C16H23NO3.ClH/c1-2-15(18)14-7-6-13(12-16(14)19)20-11-10-17-8-4-3-5-9-17;/h6-7,12,19H,2-5,8-11H2,1H3;1H. The number of phenolic OH excluding ortho intramolecular Hbond substituents is 1. The molecular weight excluding hydrogens is 290 g/mol. The van der Waals surface area contributed by atoms with Gasteiger partial charge in [0, 0.05) is 19.0 Å². The number of hydrogen-bond donors (Lipinski definition) is 1. The molecule has 4 nitrogen and oxygen atoms in total. The molecule has 0 aliphatic carbocycles. The van der Waals surface area contributed by atoms with Gasteiger partial charge in [-0.2, -0.15) is 0 Å². The molecule has 0 unspecified atom stereocenters. The molecule has 1 aliphatic heterocycles. The van der Waals surface area contributed by atoms with E-state index in [1.807, 2.05) is 0 Å². The van der Waals surface area contributed by atoms with Crippen LogP contribution in [0.2, 0.25) is 0 Å². The lowest BCUT2D eigenvalue weighted by molar-refractivity contribution is 0.0985. The van der Waals surface area contributed by atoms with Crippen molar-refractivity contribution in [2.24, 2.45) is 0 Å². The van der Waals surface area contributed by atoms with E-state index in [9.17, 15) is 9.90 Å². The number of hydrogen-bond acceptors (Lipinski definition) is 4. The number of aromatic hydroxyl groups is 1. The normalized spacial score (nSPS) is 15.3. The highest BCUT2D eigenvalue weighted by Crippen LogP contribution is 2.24.